The Kier molecular flexibility index (Phi) is 4.11. The Morgan fingerprint density at radius 1 is 1.20 bits per heavy atom. The molecule has 2 rings (SSSR count). The summed E-state index contributed by atoms with van der Waals surface area (Å²) in [4.78, 5) is 0. The molecule has 0 bridgehead atoms. The smallest absolute Gasteiger partial charge is 0.399 e. The molecule has 6 heteroatoms. The van der Waals surface area contributed by atoms with Gasteiger partial charge in [0.15, 0.2) is 0 Å². The maximum atomic E-state index is 13.4. The van der Waals surface area contributed by atoms with E-state index in [9.17, 15) is 8.60 Å². The normalized spacial score (nSPS) is 22.0. The van der Waals surface area contributed by atoms with Crippen molar-refractivity contribution in [3.63, 3.8) is 0 Å². The first kappa shape index (κ1) is 15.7. The molecule has 1 atom stereocenters. The summed E-state index contributed by atoms with van der Waals surface area (Å²) in [6, 6.07) is 4.43. The Labute approximate surface area is 122 Å². The van der Waals surface area contributed by atoms with Crippen LogP contribution in [-0.2, 0) is 25.9 Å². The Morgan fingerprint density at radius 2 is 1.75 bits per heavy atom. The summed E-state index contributed by atoms with van der Waals surface area (Å²) in [6.45, 7) is 7.87. The van der Waals surface area contributed by atoms with Crippen LogP contribution in [0.1, 0.15) is 33.3 Å². The van der Waals surface area contributed by atoms with Gasteiger partial charge in [-0.05, 0) is 50.9 Å². The van der Waals surface area contributed by atoms with Crippen molar-refractivity contribution in [2.24, 2.45) is 0 Å². The van der Waals surface area contributed by atoms with Gasteiger partial charge in [0.05, 0.1) is 11.2 Å². The number of halogens is 1. The van der Waals surface area contributed by atoms with Crippen molar-refractivity contribution in [1.82, 2.24) is 0 Å². The van der Waals surface area contributed by atoms with Crippen molar-refractivity contribution in [3.05, 3.63) is 29.6 Å². The van der Waals surface area contributed by atoms with Crippen LogP contribution in [-0.4, -0.2) is 28.8 Å². The zero-order chi connectivity index (χ0) is 15.1. The molecule has 0 saturated carbocycles. The van der Waals surface area contributed by atoms with Crippen LogP contribution in [0.3, 0.4) is 0 Å². The monoisotopic (exact) mass is 298 g/mol. The minimum Gasteiger partial charge on any atom is -0.399 e. The summed E-state index contributed by atoms with van der Waals surface area (Å²) in [5.74, 6) is -0.0531. The molecule has 0 amide bonds. The van der Waals surface area contributed by atoms with Gasteiger partial charge >= 0.3 is 7.12 Å². The van der Waals surface area contributed by atoms with Crippen LogP contribution in [0.2, 0.25) is 0 Å². The van der Waals surface area contributed by atoms with Gasteiger partial charge in [-0.2, -0.15) is 0 Å². The van der Waals surface area contributed by atoms with Gasteiger partial charge in [0.1, 0.15) is 5.82 Å². The summed E-state index contributed by atoms with van der Waals surface area (Å²) in [5, 5.41) is 0. The predicted molar refractivity (Wildman–Crippen MR) is 79.9 cm³/mol. The lowest BCUT2D eigenvalue weighted by Gasteiger charge is -2.32. The summed E-state index contributed by atoms with van der Waals surface area (Å²) >= 11 is 0. The standard InChI is InChI=1S/C14H20BFO3S/c1-13(2)14(3,4)19-15(18-13)12-7-6-11(16)8-10(12)9-20(5)17/h6-8H,9H2,1-5H3. The summed E-state index contributed by atoms with van der Waals surface area (Å²) in [6.07, 6.45) is 1.60. The largest absolute Gasteiger partial charge is 0.495 e. The Balaban J connectivity index is 2.37. The van der Waals surface area contributed by atoms with E-state index >= 15 is 0 Å². The first-order valence-corrected chi connectivity index (χ1v) is 8.29. The third-order valence-corrected chi connectivity index (χ3v) is 4.69. The van der Waals surface area contributed by atoms with Gasteiger partial charge in [-0.1, -0.05) is 6.07 Å². The second-order valence-corrected chi connectivity index (χ2v) is 7.58. The van der Waals surface area contributed by atoms with Gasteiger partial charge in [-0.15, -0.1) is 0 Å². The van der Waals surface area contributed by atoms with Gasteiger partial charge < -0.3 is 9.31 Å². The van der Waals surface area contributed by atoms with Crippen LogP contribution in [0.25, 0.3) is 0 Å². The van der Waals surface area contributed by atoms with Crippen molar-refractivity contribution in [2.75, 3.05) is 6.26 Å². The highest BCUT2D eigenvalue weighted by molar-refractivity contribution is 7.83. The molecule has 20 heavy (non-hydrogen) atoms. The van der Waals surface area contributed by atoms with Crippen LogP contribution in [0.5, 0.6) is 0 Å². The van der Waals surface area contributed by atoms with E-state index < -0.39 is 29.1 Å². The molecule has 110 valence electrons. The van der Waals surface area contributed by atoms with Crippen molar-refractivity contribution in [2.45, 2.75) is 44.6 Å². The van der Waals surface area contributed by atoms with Crippen LogP contribution in [0, 0.1) is 5.82 Å². The Bertz CT molecular complexity index is 529. The zero-order valence-corrected chi connectivity index (χ0v) is 13.3. The molecule has 0 N–H and O–H groups in total. The van der Waals surface area contributed by atoms with Crippen LogP contribution >= 0.6 is 0 Å². The second-order valence-electron chi connectivity index (χ2n) is 6.15. The van der Waals surface area contributed by atoms with E-state index in [0.717, 1.165) is 5.46 Å². The van der Waals surface area contributed by atoms with Gasteiger partial charge in [0, 0.05) is 22.8 Å². The van der Waals surface area contributed by atoms with E-state index in [4.69, 9.17) is 9.31 Å². The minimum absolute atomic E-state index is 0.289. The van der Waals surface area contributed by atoms with Crippen LogP contribution in [0.15, 0.2) is 18.2 Å². The van der Waals surface area contributed by atoms with E-state index in [1.807, 2.05) is 27.7 Å². The molecule has 1 aromatic rings. The van der Waals surface area contributed by atoms with Gasteiger partial charge in [-0.3, -0.25) is 4.21 Å². The first-order chi connectivity index (χ1) is 9.12. The average molecular weight is 298 g/mol. The Morgan fingerprint density at radius 3 is 2.25 bits per heavy atom. The lowest BCUT2D eigenvalue weighted by atomic mass is 9.76. The summed E-state index contributed by atoms with van der Waals surface area (Å²) < 4.78 is 36.8. The molecule has 1 heterocycles. The fourth-order valence-corrected chi connectivity index (χ4v) is 2.81. The third kappa shape index (κ3) is 2.97. The highest BCUT2D eigenvalue weighted by Crippen LogP contribution is 2.36. The lowest BCUT2D eigenvalue weighted by Crippen LogP contribution is -2.41. The minimum atomic E-state index is -1.05. The quantitative estimate of drug-likeness (QED) is 0.801. The molecule has 1 unspecified atom stereocenters. The molecule has 0 spiro atoms. The van der Waals surface area contributed by atoms with Crippen LogP contribution < -0.4 is 5.46 Å². The van der Waals surface area contributed by atoms with Crippen molar-refractivity contribution < 1.29 is 17.9 Å². The summed E-state index contributed by atoms with van der Waals surface area (Å²) in [5.41, 5.74) is 0.521. The molecule has 1 fully saturated rings. The predicted octanol–water partition coefficient (Wildman–Crippen LogP) is 2.00. The van der Waals surface area contributed by atoms with Crippen LogP contribution in [0.4, 0.5) is 4.39 Å². The van der Waals surface area contributed by atoms with E-state index in [1.165, 1.54) is 12.1 Å². The molecular weight excluding hydrogens is 278 g/mol. The van der Waals surface area contributed by atoms with Gasteiger partial charge in [-0.25, -0.2) is 4.39 Å². The number of benzene rings is 1. The number of rotatable bonds is 3. The SMILES string of the molecule is CS(=O)Cc1cc(F)ccc1B1OC(C)(C)C(C)(C)O1. The van der Waals surface area contributed by atoms with Gasteiger partial charge in [0.25, 0.3) is 0 Å². The van der Waals surface area contributed by atoms with E-state index in [2.05, 4.69) is 0 Å². The maximum Gasteiger partial charge on any atom is 0.495 e. The molecule has 1 saturated heterocycles. The summed E-state index contributed by atoms with van der Waals surface area (Å²) in [7, 11) is -1.61. The van der Waals surface area contributed by atoms with E-state index in [-0.39, 0.29) is 11.6 Å². The first-order valence-electron chi connectivity index (χ1n) is 6.56. The third-order valence-electron chi connectivity index (χ3n) is 3.97. The van der Waals surface area contributed by atoms with E-state index in [1.54, 1.807) is 12.3 Å². The topological polar surface area (TPSA) is 35.5 Å². The molecule has 1 aliphatic heterocycles. The van der Waals surface area contributed by atoms with Crippen molar-refractivity contribution in [3.8, 4) is 0 Å². The fourth-order valence-electron chi connectivity index (χ4n) is 2.12. The van der Waals surface area contributed by atoms with Crippen molar-refractivity contribution in [1.29, 1.82) is 0 Å². The highest BCUT2D eigenvalue weighted by Gasteiger charge is 2.52. The maximum absolute atomic E-state index is 13.4. The van der Waals surface area contributed by atoms with Crippen molar-refractivity contribution >= 4 is 23.4 Å². The molecule has 0 aromatic heterocycles. The molecular formula is C14H20BFO3S. The van der Waals surface area contributed by atoms with E-state index in [0.29, 0.717) is 5.56 Å². The number of hydrogen-bond acceptors (Lipinski definition) is 3. The highest BCUT2D eigenvalue weighted by atomic mass is 32.2. The molecule has 3 nitrogen and oxygen atoms in total. The average Bonchev–Trinajstić information content (AvgIpc) is 2.46. The lowest BCUT2D eigenvalue weighted by molar-refractivity contribution is 0.00578. The Hall–Kier alpha value is -0.715. The molecule has 0 aliphatic carbocycles. The second kappa shape index (κ2) is 5.24. The van der Waals surface area contributed by atoms with Gasteiger partial charge in [0.2, 0.25) is 0 Å². The molecule has 0 radical (unpaired) electrons. The zero-order valence-electron chi connectivity index (χ0n) is 12.5. The molecule has 1 aliphatic rings. The molecule has 1 aromatic carbocycles. The number of hydrogen-bond donors (Lipinski definition) is 0. The fraction of sp³-hybridized carbons (Fsp3) is 0.571.